The first-order valence-corrected chi connectivity index (χ1v) is 7.17. The zero-order valence-electron chi connectivity index (χ0n) is 12.6. The Morgan fingerprint density at radius 2 is 1.90 bits per heavy atom. The minimum Gasteiger partial charge on any atom is -0.329 e. The molecule has 1 N–H and O–H groups in total. The Hall–Kier alpha value is -1.87. The molecule has 1 heterocycles. The summed E-state index contributed by atoms with van der Waals surface area (Å²) in [4.78, 5) is 6.68. The number of nitrogens with one attached hydrogen (secondary N) is 1. The summed E-state index contributed by atoms with van der Waals surface area (Å²) in [6, 6.07) is 12.7. The van der Waals surface area contributed by atoms with Crippen LogP contribution in [0.25, 0.3) is 0 Å². The highest BCUT2D eigenvalue weighted by molar-refractivity contribution is 5.62. The fraction of sp³-hybridized carbons (Fsp3) is 0.353. The molecule has 3 heteroatoms. The third-order valence-corrected chi connectivity index (χ3v) is 3.35. The second-order valence-corrected chi connectivity index (χ2v) is 5.06. The van der Waals surface area contributed by atoms with Gasteiger partial charge in [-0.25, -0.2) is 4.98 Å². The second kappa shape index (κ2) is 7.06. The van der Waals surface area contributed by atoms with E-state index in [2.05, 4.69) is 66.4 Å². The van der Waals surface area contributed by atoms with Crippen molar-refractivity contribution in [2.75, 3.05) is 18.5 Å². The van der Waals surface area contributed by atoms with Crippen molar-refractivity contribution in [3.8, 4) is 0 Å². The summed E-state index contributed by atoms with van der Waals surface area (Å²) in [5.74, 6) is 1.01. The number of anilines is 2. The number of rotatable bonds is 6. The van der Waals surface area contributed by atoms with E-state index in [-0.39, 0.29) is 0 Å². The molecule has 1 aromatic heterocycles. The molecule has 0 saturated heterocycles. The Balaban J connectivity index is 2.20. The molecule has 0 bridgehead atoms. The average molecular weight is 269 g/mol. The van der Waals surface area contributed by atoms with Gasteiger partial charge in [-0.05, 0) is 38.1 Å². The molecule has 0 amide bonds. The molecule has 0 aliphatic rings. The second-order valence-electron chi connectivity index (χ2n) is 5.06. The number of hydrogen-bond acceptors (Lipinski definition) is 3. The van der Waals surface area contributed by atoms with Gasteiger partial charge >= 0.3 is 0 Å². The highest BCUT2D eigenvalue weighted by Gasteiger charge is 2.09. The summed E-state index contributed by atoms with van der Waals surface area (Å²) in [5.41, 5.74) is 3.66. The summed E-state index contributed by atoms with van der Waals surface area (Å²) in [6.07, 6.45) is 2.99. The van der Waals surface area contributed by atoms with Gasteiger partial charge in [-0.1, -0.05) is 30.7 Å². The largest absolute Gasteiger partial charge is 0.329 e. The molecule has 2 aromatic rings. The van der Waals surface area contributed by atoms with Crippen molar-refractivity contribution >= 4 is 11.5 Å². The summed E-state index contributed by atoms with van der Waals surface area (Å²) in [6.45, 7) is 6.16. The average Bonchev–Trinajstić information content (AvgIpc) is 2.48. The maximum absolute atomic E-state index is 4.54. The number of aryl methyl sites for hydroxylation is 1. The van der Waals surface area contributed by atoms with Gasteiger partial charge in [0.25, 0.3) is 0 Å². The van der Waals surface area contributed by atoms with Crippen LogP contribution >= 0.6 is 0 Å². The molecule has 0 fully saturated rings. The lowest BCUT2D eigenvalue weighted by Crippen LogP contribution is -2.19. The third kappa shape index (κ3) is 3.58. The maximum atomic E-state index is 4.54. The Bertz CT molecular complexity index is 534. The smallest absolute Gasteiger partial charge is 0.137 e. The Morgan fingerprint density at radius 3 is 2.60 bits per heavy atom. The van der Waals surface area contributed by atoms with Crippen molar-refractivity contribution in [2.24, 2.45) is 0 Å². The SMILES string of the molecule is CCCNCc1cccnc1N(C)c1ccc(C)cc1. The molecule has 1 aromatic carbocycles. The number of benzene rings is 1. The summed E-state index contributed by atoms with van der Waals surface area (Å²) in [5, 5.41) is 3.44. The lowest BCUT2D eigenvalue weighted by Gasteiger charge is -2.21. The van der Waals surface area contributed by atoms with Crippen LogP contribution in [0.4, 0.5) is 11.5 Å². The predicted octanol–water partition coefficient (Wildman–Crippen LogP) is 3.66. The van der Waals surface area contributed by atoms with Crippen molar-refractivity contribution in [3.05, 3.63) is 53.7 Å². The molecule has 0 saturated carbocycles. The van der Waals surface area contributed by atoms with Crippen LogP contribution in [0, 0.1) is 6.92 Å². The molecular weight excluding hydrogens is 246 g/mol. The topological polar surface area (TPSA) is 28.2 Å². The van der Waals surface area contributed by atoms with E-state index in [4.69, 9.17) is 0 Å². The molecule has 2 rings (SSSR count). The molecule has 0 aliphatic carbocycles. The van der Waals surface area contributed by atoms with E-state index in [0.717, 1.165) is 31.0 Å². The quantitative estimate of drug-likeness (QED) is 0.811. The van der Waals surface area contributed by atoms with E-state index in [9.17, 15) is 0 Å². The molecular formula is C17H23N3. The molecule has 106 valence electrons. The fourth-order valence-electron chi connectivity index (χ4n) is 2.16. The molecule has 20 heavy (non-hydrogen) atoms. The van der Waals surface area contributed by atoms with Crippen LogP contribution in [0.15, 0.2) is 42.6 Å². The highest BCUT2D eigenvalue weighted by atomic mass is 15.2. The van der Waals surface area contributed by atoms with Crippen molar-refractivity contribution < 1.29 is 0 Å². The van der Waals surface area contributed by atoms with E-state index < -0.39 is 0 Å². The molecule has 0 unspecified atom stereocenters. The lowest BCUT2D eigenvalue weighted by atomic mass is 10.2. The minimum absolute atomic E-state index is 0.854. The number of pyridine rings is 1. The first-order chi connectivity index (χ1) is 9.72. The molecule has 3 nitrogen and oxygen atoms in total. The number of hydrogen-bond donors (Lipinski definition) is 1. The van der Waals surface area contributed by atoms with E-state index in [1.807, 2.05) is 12.3 Å². The molecule has 0 atom stereocenters. The predicted molar refractivity (Wildman–Crippen MR) is 85.5 cm³/mol. The van der Waals surface area contributed by atoms with Crippen LogP contribution in [0.3, 0.4) is 0 Å². The van der Waals surface area contributed by atoms with Gasteiger partial charge in [-0.2, -0.15) is 0 Å². The van der Waals surface area contributed by atoms with Crippen molar-refractivity contribution in [3.63, 3.8) is 0 Å². The Kier molecular flexibility index (Phi) is 5.13. The normalized spacial score (nSPS) is 10.6. The minimum atomic E-state index is 0.854. The van der Waals surface area contributed by atoms with Crippen LogP contribution in [0.1, 0.15) is 24.5 Å². The van der Waals surface area contributed by atoms with Gasteiger partial charge in [0.15, 0.2) is 0 Å². The fourth-order valence-corrected chi connectivity index (χ4v) is 2.16. The van der Waals surface area contributed by atoms with Crippen LogP contribution in [0.5, 0.6) is 0 Å². The third-order valence-electron chi connectivity index (χ3n) is 3.35. The molecule has 0 aliphatic heterocycles. The van der Waals surface area contributed by atoms with E-state index >= 15 is 0 Å². The summed E-state index contributed by atoms with van der Waals surface area (Å²) < 4.78 is 0. The standard InChI is InChI=1S/C17H23N3/c1-4-11-18-13-15-6-5-12-19-17(15)20(3)16-9-7-14(2)8-10-16/h5-10,12,18H,4,11,13H2,1-3H3. The Labute approximate surface area is 121 Å². The van der Waals surface area contributed by atoms with Gasteiger partial charge in [0.1, 0.15) is 5.82 Å². The Morgan fingerprint density at radius 1 is 1.15 bits per heavy atom. The van der Waals surface area contributed by atoms with Gasteiger partial charge in [0, 0.05) is 31.0 Å². The number of aromatic nitrogens is 1. The summed E-state index contributed by atoms with van der Waals surface area (Å²) >= 11 is 0. The van der Waals surface area contributed by atoms with Crippen molar-refractivity contribution in [2.45, 2.75) is 26.8 Å². The zero-order valence-corrected chi connectivity index (χ0v) is 12.6. The number of nitrogens with zero attached hydrogens (tertiary/aromatic N) is 2. The van der Waals surface area contributed by atoms with E-state index in [1.165, 1.54) is 11.1 Å². The zero-order chi connectivity index (χ0) is 14.4. The monoisotopic (exact) mass is 269 g/mol. The first-order valence-electron chi connectivity index (χ1n) is 7.17. The van der Waals surface area contributed by atoms with Crippen molar-refractivity contribution in [1.29, 1.82) is 0 Å². The van der Waals surface area contributed by atoms with Gasteiger partial charge in [-0.15, -0.1) is 0 Å². The molecule has 0 spiro atoms. The van der Waals surface area contributed by atoms with Crippen LogP contribution in [-0.4, -0.2) is 18.6 Å². The summed E-state index contributed by atoms with van der Waals surface area (Å²) in [7, 11) is 2.07. The van der Waals surface area contributed by atoms with Gasteiger partial charge in [0.05, 0.1) is 0 Å². The van der Waals surface area contributed by atoms with Gasteiger partial charge in [-0.3, -0.25) is 0 Å². The van der Waals surface area contributed by atoms with Crippen LogP contribution in [-0.2, 0) is 6.54 Å². The van der Waals surface area contributed by atoms with Crippen LogP contribution in [0.2, 0.25) is 0 Å². The molecule has 0 radical (unpaired) electrons. The van der Waals surface area contributed by atoms with Gasteiger partial charge in [0.2, 0.25) is 0 Å². The van der Waals surface area contributed by atoms with Gasteiger partial charge < -0.3 is 10.2 Å². The highest BCUT2D eigenvalue weighted by Crippen LogP contribution is 2.24. The lowest BCUT2D eigenvalue weighted by molar-refractivity contribution is 0.673. The van der Waals surface area contributed by atoms with E-state index in [1.54, 1.807) is 0 Å². The first kappa shape index (κ1) is 14.5. The maximum Gasteiger partial charge on any atom is 0.137 e. The van der Waals surface area contributed by atoms with Crippen LogP contribution < -0.4 is 10.2 Å². The van der Waals surface area contributed by atoms with E-state index in [0.29, 0.717) is 0 Å². The van der Waals surface area contributed by atoms with Crippen molar-refractivity contribution in [1.82, 2.24) is 10.3 Å².